The Hall–Kier alpha value is -2.42. The molecule has 0 aliphatic heterocycles. The van der Waals surface area contributed by atoms with E-state index in [1.165, 1.54) is 32.3 Å². The highest BCUT2D eigenvalue weighted by molar-refractivity contribution is 7.89. The number of hydrogen-bond donors (Lipinski definition) is 1. The van der Waals surface area contributed by atoms with Gasteiger partial charge in [0.1, 0.15) is 4.90 Å². The van der Waals surface area contributed by atoms with E-state index in [1.807, 2.05) is 0 Å². The van der Waals surface area contributed by atoms with Gasteiger partial charge < -0.3 is 10.1 Å². The third kappa shape index (κ3) is 5.06. The molecule has 2 rings (SSSR count). The standard InChI is InChI=1S/C18H19ClN2O5S/c1-12-6-4-5-7-14(12)18(23)26-11-17(22)20-13-8-9-15(19)16(10-13)27(24,25)21(2)3/h4-10H,11H2,1-3H3,(H,20,22). The molecular formula is C18H19ClN2O5S. The van der Waals surface area contributed by atoms with Crippen LogP contribution >= 0.6 is 11.6 Å². The van der Waals surface area contributed by atoms with Crippen molar-refractivity contribution in [2.24, 2.45) is 0 Å². The van der Waals surface area contributed by atoms with Crippen molar-refractivity contribution >= 4 is 39.2 Å². The number of nitrogens with zero attached hydrogens (tertiary/aromatic N) is 1. The maximum Gasteiger partial charge on any atom is 0.338 e. The van der Waals surface area contributed by atoms with Crippen molar-refractivity contribution in [2.45, 2.75) is 11.8 Å². The molecule has 0 unspecified atom stereocenters. The summed E-state index contributed by atoms with van der Waals surface area (Å²) in [6, 6.07) is 10.9. The Balaban J connectivity index is 2.06. The molecule has 0 aliphatic rings. The predicted octanol–water partition coefficient (Wildman–Crippen LogP) is 2.69. The lowest BCUT2D eigenvalue weighted by Gasteiger charge is -2.14. The number of sulfonamides is 1. The predicted molar refractivity (Wildman–Crippen MR) is 102 cm³/mol. The molecule has 1 amide bonds. The summed E-state index contributed by atoms with van der Waals surface area (Å²) in [5, 5.41) is 2.52. The van der Waals surface area contributed by atoms with Gasteiger partial charge in [-0.15, -0.1) is 0 Å². The molecule has 0 atom stereocenters. The summed E-state index contributed by atoms with van der Waals surface area (Å²) in [4.78, 5) is 23.9. The van der Waals surface area contributed by atoms with Crippen LogP contribution in [-0.2, 0) is 19.6 Å². The van der Waals surface area contributed by atoms with Crippen molar-refractivity contribution < 1.29 is 22.7 Å². The molecule has 0 bridgehead atoms. The molecule has 0 fully saturated rings. The minimum Gasteiger partial charge on any atom is -0.452 e. The quantitative estimate of drug-likeness (QED) is 0.739. The molecule has 27 heavy (non-hydrogen) atoms. The van der Waals surface area contributed by atoms with Crippen LogP contribution in [0.4, 0.5) is 5.69 Å². The molecule has 0 heterocycles. The number of aryl methyl sites for hydroxylation is 1. The van der Waals surface area contributed by atoms with Gasteiger partial charge in [-0.3, -0.25) is 4.79 Å². The van der Waals surface area contributed by atoms with Gasteiger partial charge in [-0.25, -0.2) is 17.5 Å². The van der Waals surface area contributed by atoms with Gasteiger partial charge in [0.25, 0.3) is 5.91 Å². The fourth-order valence-corrected chi connectivity index (χ4v) is 3.58. The van der Waals surface area contributed by atoms with Gasteiger partial charge in [0.05, 0.1) is 10.6 Å². The first-order valence-corrected chi connectivity index (χ1v) is 9.69. The minimum atomic E-state index is -3.77. The van der Waals surface area contributed by atoms with E-state index < -0.39 is 28.5 Å². The second-order valence-corrected chi connectivity index (χ2v) is 8.40. The number of nitrogens with one attached hydrogen (secondary N) is 1. The molecular weight excluding hydrogens is 392 g/mol. The second kappa shape index (κ2) is 8.51. The van der Waals surface area contributed by atoms with Crippen LogP contribution in [0.25, 0.3) is 0 Å². The average Bonchev–Trinajstić information content (AvgIpc) is 2.61. The maximum absolute atomic E-state index is 12.3. The highest BCUT2D eigenvalue weighted by Crippen LogP contribution is 2.26. The van der Waals surface area contributed by atoms with E-state index in [1.54, 1.807) is 31.2 Å². The first-order chi connectivity index (χ1) is 12.6. The molecule has 9 heteroatoms. The van der Waals surface area contributed by atoms with Gasteiger partial charge in [-0.2, -0.15) is 0 Å². The van der Waals surface area contributed by atoms with E-state index >= 15 is 0 Å². The number of benzene rings is 2. The number of carbonyl (C=O) groups excluding carboxylic acids is 2. The Morgan fingerprint density at radius 1 is 1.15 bits per heavy atom. The van der Waals surface area contributed by atoms with Crippen molar-refractivity contribution in [1.29, 1.82) is 0 Å². The molecule has 2 aromatic carbocycles. The van der Waals surface area contributed by atoms with Gasteiger partial charge in [-0.1, -0.05) is 29.8 Å². The molecule has 0 aliphatic carbocycles. The van der Waals surface area contributed by atoms with Crippen LogP contribution in [0.1, 0.15) is 15.9 Å². The lowest BCUT2D eigenvalue weighted by atomic mass is 10.1. The fourth-order valence-electron chi connectivity index (χ4n) is 2.18. The lowest BCUT2D eigenvalue weighted by Crippen LogP contribution is -2.23. The van der Waals surface area contributed by atoms with Crippen molar-refractivity contribution in [1.82, 2.24) is 4.31 Å². The SMILES string of the molecule is Cc1ccccc1C(=O)OCC(=O)Nc1ccc(Cl)c(S(=O)(=O)N(C)C)c1. The Labute approximate surface area is 162 Å². The molecule has 144 valence electrons. The van der Waals surface area contributed by atoms with Crippen molar-refractivity contribution in [2.75, 3.05) is 26.0 Å². The van der Waals surface area contributed by atoms with Crippen LogP contribution < -0.4 is 5.32 Å². The van der Waals surface area contributed by atoms with Crippen LogP contribution in [0.2, 0.25) is 5.02 Å². The van der Waals surface area contributed by atoms with Crippen molar-refractivity contribution in [3.8, 4) is 0 Å². The second-order valence-electron chi connectivity index (χ2n) is 5.87. The summed E-state index contributed by atoms with van der Waals surface area (Å²) < 4.78 is 30.5. The Kier molecular flexibility index (Phi) is 6.59. The number of esters is 1. The van der Waals surface area contributed by atoms with Crippen molar-refractivity contribution in [3.63, 3.8) is 0 Å². The molecule has 1 N–H and O–H groups in total. The van der Waals surface area contributed by atoms with Gasteiger partial charge >= 0.3 is 5.97 Å². The van der Waals surface area contributed by atoms with Crippen LogP contribution in [0.15, 0.2) is 47.4 Å². The van der Waals surface area contributed by atoms with E-state index in [0.717, 1.165) is 9.87 Å². The summed E-state index contributed by atoms with van der Waals surface area (Å²) in [6.07, 6.45) is 0. The topological polar surface area (TPSA) is 92.8 Å². The summed E-state index contributed by atoms with van der Waals surface area (Å²) in [5.41, 5.74) is 1.33. The zero-order chi connectivity index (χ0) is 20.2. The van der Waals surface area contributed by atoms with Gasteiger partial charge in [0, 0.05) is 19.8 Å². The zero-order valence-corrected chi connectivity index (χ0v) is 16.6. The number of halogens is 1. The van der Waals surface area contributed by atoms with Crippen LogP contribution in [0.3, 0.4) is 0 Å². The number of anilines is 1. The third-order valence-electron chi connectivity index (χ3n) is 3.67. The van der Waals surface area contributed by atoms with Crippen LogP contribution in [0, 0.1) is 6.92 Å². The highest BCUT2D eigenvalue weighted by Gasteiger charge is 2.21. The van der Waals surface area contributed by atoms with E-state index in [-0.39, 0.29) is 15.6 Å². The lowest BCUT2D eigenvalue weighted by molar-refractivity contribution is -0.119. The summed E-state index contributed by atoms with van der Waals surface area (Å²) >= 11 is 5.96. The smallest absolute Gasteiger partial charge is 0.338 e. The molecule has 0 radical (unpaired) electrons. The Morgan fingerprint density at radius 3 is 2.44 bits per heavy atom. The first-order valence-electron chi connectivity index (χ1n) is 7.87. The Morgan fingerprint density at radius 2 is 1.81 bits per heavy atom. The summed E-state index contributed by atoms with van der Waals surface area (Å²) in [5.74, 6) is -1.22. The molecule has 2 aromatic rings. The number of hydrogen-bond acceptors (Lipinski definition) is 5. The number of amides is 1. The number of ether oxygens (including phenoxy) is 1. The van der Waals surface area contributed by atoms with Gasteiger partial charge in [0.2, 0.25) is 10.0 Å². The maximum atomic E-state index is 12.3. The van der Waals surface area contributed by atoms with E-state index in [4.69, 9.17) is 16.3 Å². The molecule has 7 nitrogen and oxygen atoms in total. The third-order valence-corrected chi connectivity index (χ3v) is 5.97. The normalized spacial score (nSPS) is 11.3. The average molecular weight is 411 g/mol. The first kappa shape index (κ1) is 20.9. The van der Waals surface area contributed by atoms with Crippen LogP contribution in [-0.4, -0.2) is 45.3 Å². The van der Waals surface area contributed by atoms with Crippen molar-refractivity contribution in [3.05, 3.63) is 58.6 Å². The van der Waals surface area contributed by atoms with E-state index in [2.05, 4.69) is 5.32 Å². The molecule has 0 aromatic heterocycles. The van der Waals surface area contributed by atoms with Gasteiger partial charge in [-0.05, 0) is 36.8 Å². The Bertz CT molecular complexity index is 973. The highest BCUT2D eigenvalue weighted by atomic mass is 35.5. The van der Waals surface area contributed by atoms with E-state index in [9.17, 15) is 18.0 Å². The van der Waals surface area contributed by atoms with Gasteiger partial charge in [0.15, 0.2) is 6.61 Å². The molecule has 0 saturated heterocycles. The minimum absolute atomic E-state index is 0.0349. The summed E-state index contributed by atoms with van der Waals surface area (Å²) in [7, 11) is -1.01. The summed E-state index contributed by atoms with van der Waals surface area (Å²) in [6.45, 7) is 1.25. The number of rotatable bonds is 6. The molecule has 0 saturated carbocycles. The molecule has 0 spiro atoms. The monoisotopic (exact) mass is 410 g/mol. The van der Waals surface area contributed by atoms with Crippen LogP contribution in [0.5, 0.6) is 0 Å². The zero-order valence-electron chi connectivity index (χ0n) is 15.0. The fraction of sp³-hybridized carbons (Fsp3) is 0.222. The van der Waals surface area contributed by atoms with E-state index in [0.29, 0.717) is 5.56 Å². The largest absolute Gasteiger partial charge is 0.452 e. The number of carbonyl (C=O) groups is 2.